The minimum absolute atomic E-state index is 0. The van der Waals surface area contributed by atoms with Gasteiger partial charge in [0.25, 0.3) is 0 Å². The summed E-state index contributed by atoms with van der Waals surface area (Å²) in [6.07, 6.45) is 2.03. The molecule has 2 aromatic heterocycles. The molecule has 0 atom stereocenters. The topological polar surface area (TPSA) is 182 Å². The molecule has 0 aliphatic carbocycles. The SMILES string of the molecule is C.CCn1c(-c2ccc(N)cc2)c(C#N)c2ccc(OC)cc21.CCn1c(-c2ccc(NS(C)(=O)=O)cc2)c(C#N)c2ccc(OC)cc21.CS(=O)(=O)Cl. The molecule has 0 radical (unpaired) electrons. The molecule has 0 spiro atoms. The van der Waals surface area contributed by atoms with Crippen LogP contribution >= 0.6 is 10.7 Å². The maximum atomic E-state index is 11.4. The number of nitrogens with two attached hydrogens (primary N) is 1. The second kappa shape index (κ2) is 17.9. The molecular weight excluding hydrogens is 748 g/mol. The molecule has 0 amide bonds. The standard InChI is InChI=1S/C19H19N3O3S.C18H17N3O.CH3ClO2S.CH4/c1-4-22-18-11-15(25-2)9-10-16(18)17(12-20)19(22)13-5-7-14(8-6-13)21-26(3,23)24;1-3-21-17-10-14(22-2)8-9-15(17)16(11-19)18(21)12-4-6-13(20)7-5-12;1-5(2,3)4;/h5-11,21H,4H2,1-3H3;4-10H,3,20H2,1-2H3;1H3;1H4. The lowest BCUT2D eigenvalue weighted by molar-refractivity contribution is 0.415. The highest BCUT2D eigenvalue weighted by Gasteiger charge is 2.20. The molecule has 12 nitrogen and oxygen atoms in total. The van der Waals surface area contributed by atoms with Crippen LogP contribution in [0.4, 0.5) is 11.4 Å². The molecule has 0 aliphatic heterocycles. The Morgan fingerprint density at radius 3 is 1.39 bits per heavy atom. The largest absolute Gasteiger partial charge is 0.497 e. The van der Waals surface area contributed by atoms with Crippen molar-refractivity contribution in [2.75, 3.05) is 37.2 Å². The number of aromatic nitrogens is 2. The molecular formula is C39H43ClN6O6S2. The summed E-state index contributed by atoms with van der Waals surface area (Å²) in [5, 5.41) is 21.2. The van der Waals surface area contributed by atoms with Crippen LogP contribution in [0.3, 0.4) is 0 Å². The van der Waals surface area contributed by atoms with Crippen LogP contribution in [-0.2, 0) is 32.2 Å². The molecule has 0 fully saturated rings. The molecule has 4 aromatic carbocycles. The second-order valence-electron chi connectivity index (χ2n) is 11.7. The first-order valence-corrected chi connectivity index (χ1v) is 20.7. The molecule has 3 N–H and O–H groups in total. The van der Waals surface area contributed by atoms with Gasteiger partial charge in [0.1, 0.15) is 23.6 Å². The van der Waals surface area contributed by atoms with E-state index in [-0.39, 0.29) is 7.43 Å². The Balaban J connectivity index is 0.000000256. The third kappa shape index (κ3) is 10.0. The number of nitrogen functional groups attached to an aromatic ring is 1. The van der Waals surface area contributed by atoms with Gasteiger partial charge >= 0.3 is 0 Å². The number of benzene rings is 4. The van der Waals surface area contributed by atoms with Gasteiger partial charge in [-0.25, -0.2) is 16.8 Å². The van der Waals surface area contributed by atoms with E-state index in [9.17, 15) is 27.4 Å². The molecule has 0 saturated carbocycles. The van der Waals surface area contributed by atoms with Crippen molar-refractivity contribution in [1.29, 1.82) is 10.5 Å². The van der Waals surface area contributed by atoms with Gasteiger partial charge in [0, 0.05) is 58.1 Å². The van der Waals surface area contributed by atoms with Gasteiger partial charge in [-0.15, -0.1) is 0 Å². The number of halogens is 1. The number of sulfonamides is 1. The van der Waals surface area contributed by atoms with Gasteiger partial charge in [-0.1, -0.05) is 31.7 Å². The first-order valence-electron chi connectivity index (χ1n) is 16.1. The summed E-state index contributed by atoms with van der Waals surface area (Å²) in [5.41, 5.74) is 13.7. The summed E-state index contributed by atoms with van der Waals surface area (Å²) in [4.78, 5) is 0. The summed E-state index contributed by atoms with van der Waals surface area (Å²) in [6.45, 7) is 5.54. The summed E-state index contributed by atoms with van der Waals surface area (Å²) in [5.74, 6) is 1.52. The number of ether oxygens (including phenoxy) is 2. The summed E-state index contributed by atoms with van der Waals surface area (Å²) in [7, 11) is 1.23. The Hall–Kier alpha value is -5.67. The Morgan fingerprint density at radius 2 is 1.07 bits per heavy atom. The Bertz CT molecular complexity index is 2560. The van der Waals surface area contributed by atoms with Crippen molar-refractivity contribution >= 4 is 62.9 Å². The zero-order valence-corrected chi connectivity index (χ0v) is 32.4. The van der Waals surface area contributed by atoms with E-state index in [0.29, 0.717) is 29.0 Å². The highest BCUT2D eigenvalue weighted by molar-refractivity contribution is 8.13. The average molecular weight is 791 g/mol. The molecule has 0 aliphatic rings. The molecule has 6 rings (SSSR count). The van der Waals surface area contributed by atoms with Crippen LogP contribution < -0.4 is 19.9 Å². The van der Waals surface area contributed by atoms with Gasteiger partial charge in [-0.05, 0) is 73.5 Å². The summed E-state index contributed by atoms with van der Waals surface area (Å²) < 4.78 is 58.8. The fraction of sp³-hybridized carbons (Fsp3) is 0.231. The summed E-state index contributed by atoms with van der Waals surface area (Å²) in [6, 6.07) is 30.7. The number of nitriles is 2. The number of fused-ring (bicyclic) bond motifs is 2. The van der Waals surface area contributed by atoms with E-state index in [4.69, 9.17) is 15.2 Å². The Labute approximate surface area is 321 Å². The van der Waals surface area contributed by atoms with E-state index in [1.165, 1.54) is 0 Å². The Kier molecular flexibility index (Phi) is 14.2. The number of anilines is 2. The quantitative estimate of drug-likeness (QED) is 0.113. The minimum Gasteiger partial charge on any atom is -0.497 e. The second-order valence-corrected chi connectivity index (χ2v) is 16.5. The number of rotatable bonds is 8. The van der Waals surface area contributed by atoms with Crippen molar-refractivity contribution in [3.8, 4) is 46.2 Å². The predicted octanol–water partition coefficient (Wildman–Crippen LogP) is 8.19. The number of hydrogen-bond donors (Lipinski definition) is 2. The number of nitrogens with zero attached hydrogens (tertiary/aromatic N) is 4. The maximum Gasteiger partial charge on any atom is 0.229 e. The minimum atomic E-state index is -3.33. The third-order valence-electron chi connectivity index (χ3n) is 8.05. The highest BCUT2D eigenvalue weighted by atomic mass is 35.7. The van der Waals surface area contributed by atoms with Gasteiger partial charge in [0.15, 0.2) is 0 Å². The zero-order valence-electron chi connectivity index (χ0n) is 30.0. The molecule has 0 saturated heterocycles. The first-order chi connectivity index (χ1) is 25.1. The van der Waals surface area contributed by atoms with Gasteiger partial charge in [0.05, 0.1) is 60.3 Å². The van der Waals surface area contributed by atoms with Crippen LogP contribution in [-0.4, -0.2) is 52.7 Å². The van der Waals surface area contributed by atoms with Crippen LogP contribution in [0.2, 0.25) is 0 Å². The molecule has 6 aromatic rings. The maximum absolute atomic E-state index is 11.4. The predicted molar refractivity (Wildman–Crippen MR) is 219 cm³/mol. The lowest BCUT2D eigenvalue weighted by Crippen LogP contribution is -2.09. The van der Waals surface area contributed by atoms with Crippen LogP contribution in [0, 0.1) is 22.7 Å². The van der Waals surface area contributed by atoms with Crippen LogP contribution in [0.1, 0.15) is 32.4 Å². The van der Waals surface area contributed by atoms with Crippen LogP contribution in [0.15, 0.2) is 84.9 Å². The smallest absolute Gasteiger partial charge is 0.229 e. The highest BCUT2D eigenvalue weighted by Crippen LogP contribution is 2.37. The van der Waals surface area contributed by atoms with Crippen molar-refractivity contribution in [2.24, 2.45) is 0 Å². The zero-order chi connectivity index (χ0) is 39.1. The van der Waals surface area contributed by atoms with Gasteiger partial charge in [0.2, 0.25) is 19.1 Å². The van der Waals surface area contributed by atoms with Gasteiger partial charge < -0.3 is 24.3 Å². The fourth-order valence-corrected chi connectivity index (χ4v) is 6.51. The third-order valence-corrected chi connectivity index (χ3v) is 8.65. The lowest BCUT2D eigenvalue weighted by Gasteiger charge is -2.10. The summed E-state index contributed by atoms with van der Waals surface area (Å²) >= 11 is 0. The van der Waals surface area contributed by atoms with Crippen LogP contribution in [0.25, 0.3) is 44.3 Å². The number of nitrogens with one attached hydrogen (secondary N) is 1. The van der Waals surface area contributed by atoms with E-state index in [1.807, 2.05) is 79.7 Å². The van der Waals surface area contributed by atoms with E-state index < -0.39 is 19.1 Å². The number of aryl methyl sites for hydroxylation is 2. The monoisotopic (exact) mass is 790 g/mol. The van der Waals surface area contributed by atoms with E-state index in [0.717, 1.165) is 74.9 Å². The molecule has 0 bridgehead atoms. The van der Waals surface area contributed by atoms with E-state index in [1.54, 1.807) is 26.4 Å². The van der Waals surface area contributed by atoms with Crippen molar-refractivity contribution in [3.05, 3.63) is 96.1 Å². The first kappa shape index (κ1) is 42.7. The van der Waals surface area contributed by atoms with Crippen molar-refractivity contribution in [1.82, 2.24) is 9.13 Å². The average Bonchev–Trinajstić information content (AvgIpc) is 3.61. The van der Waals surface area contributed by atoms with Crippen LogP contribution in [0.5, 0.6) is 11.5 Å². The van der Waals surface area contributed by atoms with E-state index in [2.05, 4.69) is 43.6 Å². The molecule has 15 heteroatoms. The number of methoxy groups -OCH3 is 2. The molecule has 0 unspecified atom stereocenters. The van der Waals surface area contributed by atoms with Crippen molar-refractivity contribution < 1.29 is 26.3 Å². The van der Waals surface area contributed by atoms with Gasteiger partial charge in [-0.3, -0.25) is 4.72 Å². The Morgan fingerprint density at radius 1 is 0.704 bits per heavy atom. The van der Waals surface area contributed by atoms with Crippen molar-refractivity contribution in [3.63, 3.8) is 0 Å². The molecule has 2 heterocycles. The fourth-order valence-electron chi connectivity index (χ4n) is 5.95. The normalized spacial score (nSPS) is 10.8. The molecule has 284 valence electrons. The number of hydrogen-bond acceptors (Lipinski definition) is 9. The van der Waals surface area contributed by atoms with E-state index >= 15 is 0 Å². The lowest BCUT2D eigenvalue weighted by atomic mass is 10.1. The molecule has 54 heavy (non-hydrogen) atoms. The van der Waals surface area contributed by atoms with Gasteiger partial charge in [-0.2, -0.15) is 10.5 Å². The van der Waals surface area contributed by atoms with Crippen molar-refractivity contribution in [2.45, 2.75) is 34.4 Å².